The van der Waals surface area contributed by atoms with Gasteiger partial charge in [0.15, 0.2) is 5.17 Å². The molecule has 0 aromatic carbocycles. The van der Waals surface area contributed by atoms with Gasteiger partial charge in [0.25, 0.3) is 0 Å². The highest BCUT2D eigenvalue weighted by atomic mass is 35.5. The summed E-state index contributed by atoms with van der Waals surface area (Å²) in [6.45, 7) is 0.976. The van der Waals surface area contributed by atoms with Crippen LogP contribution in [0.3, 0.4) is 0 Å². The van der Waals surface area contributed by atoms with Gasteiger partial charge in [0.2, 0.25) is 0 Å². The fourth-order valence-electron chi connectivity index (χ4n) is 0.338. The van der Waals surface area contributed by atoms with Gasteiger partial charge in [0.05, 0.1) is 0 Å². The van der Waals surface area contributed by atoms with E-state index in [-0.39, 0.29) is 17.6 Å². The Hall–Kier alpha value is 0.0700. The SMILES string of the molecule is CN(C)CCSC(=N)N.[Cl-]. The largest absolute Gasteiger partial charge is 1.00 e. The van der Waals surface area contributed by atoms with Crippen LogP contribution in [0.15, 0.2) is 0 Å². The van der Waals surface area contributed by atoms with E-state index in [9.17, 15) is 0 Å². The Morgan fingerprint density at radius 3 is 2.40 bits per heavy atom. The number of nitrogens with one attached hydrogen (secondary N) is 1. The lowest BCUT2D eigenvalue weighted by atomic mass is 10.7. The number of amidine groups is 1. The van der Waals surface area contributed by atoms with Gasteiger partial charge in [-0.25, -0.2) is 0 Å². The topological polar surface area (TPSA) is 53.1 Å². The standard InChI is InChI=1S/C5H13N3S.ClH/c1-8(2)3-4-9-5(6)7;/h3-4H2,1-2H3,(H3,6,7);1H/p-1. The maximum absolute atomic E-state index is 6.86. The fourth-order valence-corrected chi connectivity index (χ4v) is 1.01. The summed E-state index contributed by atoms with van der Waals surface area (Å²) >= 11 is 1.38. The minimum absolute atomic E-state index is 0. The molecule has 0 spiro atoms. The van der Waals surface area contributed by atoms with Crippen molar-refractivity contribution in [3.05, 3.63) is 0 Å². The normalized spacial score (nSPS) is 9.10. The Morgan fingerprint density at radius 1 is 1.60 bits per heavy atom. The summed E-state index contributed by atoms with van der Waals surface area (Å²) in [5.74, 6) is 0.905. The molecule has 62 valence electrons. The summed E-state index contributed by atoms with van der Waals surface area (Å²) in [4.78, 5) is 2.07. The monoisotopic (exact) mass is 182 g/mol. The summed E-state index contributed by atoms with van der Waals surface area (Å²) in [7, 11) is 4.00. The van der Waals surface area contributed by atoms with Crippen molar-refractivity contribution in [2.45, 2.75) is 0 Å². The van der Waals surface area contributed by atoms with Crippen LogP contribution in [0.2, 0.25) is 0 Å². The highest BCUT2D eigenvalue weighted by molar-refractivity contribution is 8.13. The zero-order chi connectivity index (χ0) is 7.28. The lowest BCUT2D eigenvalue weighted by molar-refractivity contribution is -0.00000234. The van der Waals surface area contributed by atoms with Crippen molar-refractivity contribution < 1.29 is 12.4 Å². The summed E-state index contributed by atoms with van der Waals surface area (Å²) in [5.41, 5.74) is 5.11. The molecule has 0 aromatic heterocycles. The third-order valence-corrected chi connectivity index (χ3v) is 1.49. The van der Waals surface area contributed by atoms with Crippen LogP contribution < -0.4 is 18.1 Å². The van der Waals surface area contributed by atoms with E-state index in [1.165, 1.54) is 11.8 Å². The van der Waals surface area contributed by atoms with Crippen molar-refractivity contribution >= 4 is 16.9 Å². The van der Waals surface area contributed by atoms with Crippen LogP contribution >= 0.6 is 11.8 Å². The van der Waals surface area contributed by atoms with Crippen molar-refractivity contribution in [1.82, 2.24) is 4.90 Å². The average molecular weight is 183 g/mol. The van der Waals surface area contributed by atoms with E-state index in [2.05, 4.69) is 4.90 Å². The number of nitrogens with two attached hydrogens (primary N) is 1. The Balaban J connectivity index is 0. The molecule has 0 rings (SSSR count). The van der Waals surface area contributed by atoms with Gasteiger partial charge < -0.3 is 23.0 Å². The van der Waals surface area contributed by atoms with Crippen molar-refractivity contribution in [2.24, 2.45) is 5.73 Å². The molecule has 10 heavy (non-hydrogen) atoms. The van der Waals surface area contributed by atoms with Gasteiger partial charge >= 0.3 is 0 Å². The molecule has 0 bridgehead atoms. The number of rotatable bonds is 3. The molecule has 5 heteroatoms. The molecular weight excluding hydrogens is 170 g/mol. The lowest BCUT2D eigenvalue weighted by Gasteiger charge is -2.06. The van der Waals surface area contributed by atoms with Crippen LogP contribution in [0.25, 0.3) is 0 Å². The molecule has 0 aliphatic rings. The number of halogens is 1. The van der Waals surface area contributed by atoms with Crippen molar-refractivity contribution in [2.75, 3.05) is 26.4 Å². The van der Waals surface area contributed by atoms with E-state index in [4.69, 9.17) is 11.1 Å². The van der Waals surface area contributed by atoms with E-state index in [0.29, 0.717) is 0 Å². The molecule has 0 atom stereocenters. The first kappa shape index (κ1) is 12.7. The van der Waals surface area contributed by atoms with Gasteiger partial charge in [-0.3, -0.25) is 5.41 Å². The fraction of sp³-hybridized carbons (Fsp3) is 0.800. The lowest BCUT2D eigenvalue weighted by Crippen LogP contribution is -3.00. The highest BCUT2D eigenvalue weighted by Gasteiger charge is 1.91. The second-order valence-electron chi connectivity index (χ2n) is 2.02. The van der Waals surface area contributed by atoms with Crippen LogP contribution in [0.5, 0.6) is 0 Å². The average Bonchev–Trinajstić information content (AvgIpc) is 1.63. The zero-order valence-corrected chi connectivity index (χ0v) is 7.80. The van der Waals surface area contributed by atoms with Crippen molar-refractivity contribution in [3.8, 4) is 0 Å². The van der Waals surface area contributed by atoms with Crippen LogP contribution in [-0.2, 0) is 0 Å². The minimum atomic E-state index is 0. The third kappa shape index (κ3) is 10.9. The minimum Gasteiger partial charge on any atom is -1.00 e. The summed E-state index contributed by atoms with van der Waals surface area (Å²) in [6.07, 6.45) is 0. The van der Waals surface area contributed by atoms with E-state index < -0.39 is 0 Å². The number of nitrogens with zero attached hydrogens (tertiary/aromatic N) is 1. The molecule has 3 N–H and O–H groups in total. The molecule has 0 aliphatic carbocycles. The van der Waals surface area contributed by atoms with Gasteiger partial charge in [0, 0.05) is 12.3 Å². The van der Waals surface area contributed by atoms with Crippen LogP contribution in [0, 0.1) is 5.41 Å². The maximum atomic E-state index is 6.86. The molecule has 0 fully saturated rings. The Morgan fingerprint density at radius 2 is 2.10 bits per heavy atom. The molecule has 0 amide bonds. The van der Waals surface area contributed by atoms with Gasteiger partial charge in [-0.05, 0) is 14.1 Å². The highest BCUT2D eigenvalue weighted by Crippen LogP contribution is 1.96. The van der Waals surface area contributed by atoms with Gasteiger partial charge in [-0.1, -0.05) is 11.8 Å². The van der Waals surface area contributed by atoms with Crippen LogP contribution in [0.1, 0.15) is 0 Å². The maximum Gasteiger partial charge on any atom is 0.151 e. The quantitative estimate of drug-likeness (QED) is 0.366. The molecule has 0 saturated carbocycles. The summed E-state index contributed by atoms with van der Waals surface area (Å²) in [6, 6.07) is 0. The van der Waals surface area contributed by atoms with E-state index >= 15 is 0 Å². The predicted octanol–water partition coefficient (Wildman–Crippen LogP) is -2.82. The number of thioether (sulfide) groups is 1. The Bertz CT molecular complexity index is 96.9. The first-order chi connectivity index (χ1) is 4.13. The first-order valence-electron chi connectivity index (χ1n) is 2.74. The van der Waals surface area contributed by atoms with Gasteiger partial charge in [-0.15, -0.1) is 0 Å². The first-order valence-corrected chi connectivity index (χ1v) is 3.73. The Kier molecular flexibility index (Phi) is 9.13. The molecule has 0 aliphatic heterocycles. The molecule has 0 heterocycles. The van der Waals surface area contributed by atoms with Crippen molar-refractivity contribution in [1.29, 1.82) is 5.41 Å². The van der Waals surface area contributed by atoms with Gasteiger partial charge in [0.1, 0.15) is 0 Å². The van der Waals surface area contributed by atoms with Crippen LogP contribution in [0.4, 0.5) is 0 Å². The molecule has 0 aromatic rings. The number of hydrogen-bond donors (Lipinski definition) is 2. The van der Waals surface area contributed by atoms with E-state index in [1.807, 2.05) is 14.1 Å². The third-order valence-electron chi connectivity index (χ3n) is 0.796. The van der Waals surface area contributed by atoms with Crippen LogP contribution in [-0.4, -0.2) is 36.5 Å². The second-order valence-corrected chi connectivity index (χ2v) is 3.15. The molecule has 0 unspecified atom stereocenters. The van der Waals surface area contributed by atoms with Crippen molar-refractivity contribution in [3.63, 3.8) is 0 Å². The van der Waals surface area contributed by atoms with Gasteiger partial charge in [-0.2, -0.15) is 0 Å². The molecule has 0 radical (unpaired) electrons. The summed E-state index contributed by atoms with van der Waals surface area (Å²) < 4.78 is 0. The smallest absolute Gasteiger partial charge is 0.151 e. The number of hydrogen-bond acceptors (Lipinski definition) is 3. The zero-order valence-electron chi connectivity index (χ0n) is 6.22. The molecule has 0 saturated heterocycles. The summed E-state index contributed by atoms with van der Waals surface area (Å²) in [5, 5.41) is 7.07. The Labute approximate surface area is 72.3 Å². The second kappa shape index (κ2) is 7.18. The molecule has 3 nitrogen and oxygen atoms in total. The predicted molar refractivity (Wildman–Crippen MR) is 42.9 cm³/mol. The van der Waals surface area contributed by atoms with E-state index in [1.54, 1.807) is 0 Å². The molecular formula is C5H13ClN3S-. The van der Waals surface area contributed by atoms with E-state index in [0.717, 1.165) is 12.3 Å².